The molecule has 0 aromatic carbocycles. The van der Waals surface area contributed by atoms with Crippen LogP contribution in [-0.4, -0.2) is 40.5 Å². The molecule has 2 rings (SSSR count). The van der Waals surface area contributed by atoms with Gasteiger partial charge >= 0.3 is 0 Å². The van der Waals surface area contributed by atoms with Crippen molar-refractivity contribution in [3.63, 3.8) is 0 Å². The monoisotopic (exact) mass is 236 g/mol. The fraction of sp³-hybridized carbons (Fsp3) is 0.667. The Morgan fingerprint density at radius 3 is 3.12 bits per heavy atom. The van der Waals surface area contributed by atoms with Gasteiger partial charge in [-0.1, -0.05) is 0 Å². The first-order chi connectivity index (χ1) is 8.20. The van der Waals surface area contributed by atoms with E-state index in [-0.39, 0.29) is 11.8 Å². The molecule has 17 heavy (non-hydrogen) atoms. The fourth-order valence-electron chi connectivity index (χ4n) is 2.37. The van der Waals surface area contributed by atoms with Crippen molar-refractivity contribution in [1.82, 2.24) is 19.8 Å². The maximum absolute atomic E-state index is 11.6. The van der Waals surface area contributed by atoms with Gasteiger partial charge in [-0.2, -0.15) is 0 Å². The number of hydrogen-bond acceptors (Lipinski definition) is 3. The lowest BCUT2D eigenvalue weighted by atomic mass is 9.97. The molecule has 1 fully saturated rings. The van der Waals surface area contributed by atoms with Gasteiger partial charge in [0.1, 0.15) is 5.82 Å². The van der Waals surface area contributed by atoms with E-state index in [2.05, 4.69) is 15.2 Å². The second-order valence-electron chi connectivity index (χ2n) is 4.64. The first-order valence-electron chi connectivity index (χ1n) is 6.11. The summed E-state index contributed by atoms with van der Waals surface area (Å²) in [5.41, 5.74) is 0. The minimum Gasteiger partial charge on any atom is -0.359 e. The Kier molecular flexibility index (Phi) is 3.78. The Hall–Kier alpha value is -1.36. The summed E-state index contributed by atoms with van der Waals surface area (Å²) in [7, 11) is 3.71. The molecule has 1 amide bonds. The van der Waals surface area contributed by atoms with Crippen molar-refractivity contribution < 1.29 is 4.79 Å². The zero-order valence-electron chi connectivity index (χ0n) is 10.5. The highest BCUT2D eigenvalue weighted by Crippen LogP contribution is 2.18. The largest absolute Gasteiger partial charge is 0.359 e. The van der Waals surface area contributed by atoms with Crippen LogP contribution in [-0.2, 0) is 18.4 Å². The number of nitrogens with zero attached hydrogens (tertiary/aromatic N) is 3. The normalized spacial score (nSPS) is 21.4. The lowest BCUT2D eigenvalue weighted by Crippen LogP contribution is -2.42. The number of aryl methyl sites for hydroxylation is 1. The minimum absolute atomic E-state index is 0.133. The first-order valence-corrected chi connectivity index (χ1v) is 6.11. The Bertz CT molecular complexity index is 388. The summed E-state index contributed by atoms with van der Waals surface area (Å²) in [4.78, 5) is 18.3. The van der Waals surface area contributed by atoms with Crippen LogP contribution in [0.4, 0.5) is 0 Å². The van der Waals surface area contributed by atoms with Gasteiger partial charge in [-0.05, 0) is 19.4 Å². The van der Waals surface area contributed by atoms with Crippen molar-refractivity contribution in [1.29, 1.82) is 0 Å². The van der Waals surface area contributed by atoms with Crippen LogP contribution in [0, 0.1) is 5.92 Å². The van der Waals surface area contributed by atoms with E-state index in [4.69, 9.17) is 0 Å². The minimum atomic E-state index is 0.133. The number of rotatable bonds is 3. The summed E-state index contributed by atoms with van der Waals surface area (Å²) in [6, 6.07) is 0. The van der Waals surface area contributed by atoms with Crippen molar-refractivity contribution >= 4 is 5.91 Å². The molecule has 5 heteroatoms. The smallest absolute Gasteiger partial charge is 0.224 e. The summed E-state index contributed by atoms with van der Waals surface area (Å²) in [5, 5.41) is 2.74. The van der Waals surface area contributed by atoms with Gasteiger partial charge in [-0.3, -0.25) is 9.69 Å². The molecule has 1 unspecified atom stereocenters. The number of piperidine rings is 1. The molecule has 5 nitrogen and oxygen atoms in total. The lowest BCUT2D eigenvalue weighted by molar-refractivity contribution is -0.126. The molecule has 0 bridgehead atoms. The standard InChI is InChI=1S/C12H20N4O/c1-13-12(17)10-4-3-6-16(8-10)9-11-14-5-7-15(11)2/h5,7,10H,3-4,6,8-9H2,1-2H3,(H,13,17). The van der Waals surface area contributed by atoms with Crippen LogP contribution in [0.1, 0.15) is 18.7 Å². The third-order valence-electron chi connectivity index (χ3n) is 3.41. The highest BCUT2D eigenvalue weighted by atomic mass is 16.1. The van der Waals surface area contributed by atoms with Crippen molar-refractivity contribution in [3.05, 3.63) is 18.2 Å². The zero-order chi connectivity index (χ0) is 12.3. The van der Waals surface area contributed by atoms with Crippen LogP contribution < -0.4 is 5.32 Å². The molecule has 94 valence electrons. The van der Waals surface area contributed by atoms with Gasteiger partial charge in [-0.15, -0.1) is 0 Å². The van der Waals surface area contributed by atoms with E-state index < -0.39 is 0 Å². The molecule has 1 aliphatic heterocycles. The molecule has 1 N–H and O–H groups in total. The molecule has 1 aromatic rings. The van der Waals surface area contributed by atoms with Crippen molar-refractivity contribution in [2.45, 2.75) is 19.4 Å². The fourth-order valence-corrected chi connectivity index (χ4v) is 2.37. The third kappa shape index (κ3) is 2.85. The molecule has 0 aliphatic carbocycles. The Balaban J connectivity index is 1.94. The maximum Gasteiger partial charge on any atom is 0.224 e. The topological polar surface area (TPSA) is 50.2 Å². The Morgan fingerprint density at radius 2 is 2.47 bits per heavy atom. The van der Waals surface area contributed by atoms with Gasteiger partial charge in [-0.25, -0.2) is 4.98 Å². The molecule has 0 saturated carbocycles. The van der Waals surface area contributed by atoms with E-state index in [9.17, 15) is 4.79 Å². The maximum atomic E-state index is 11.6. The molecule has 1 aliphatic rings. The van der Waals surface area contributed by atoms with Gasteiger partial charge in [0.25, 0.3) is 0 Å². The molecular weight excluding hydrogens is 216 g/mol. The molecule has 1 saturated heterocycles. The predicted molar refractivity (Wildman–Crippen MR) is 65.3 cm³/mol. The number of carbonyl (C=O) groups excluding carboxylic acids is 1. The van der Waals surface area contributed by atoms with E-state index in [1.54, 1.807) is 7.05 Å². The lowest BCUT2D eigenvalue weighted by Gasteiger charge is -2.31. The Morgan fingerprint density at radius 1 is 1.65 bits per heavy atom. The van der Waals surface area contributed by atoms with Gasteiger partial charge < -0.3 is 9.88 Å². The van der Waals surface area contributed by atoms with Crippen LogP contribution in [0.3, 0.4) is 0 Å². The van der Waals surface area contributed by atoms with Gasteiger partial charge in [0, 0.05) is 33.0 Å². The average Bonchev–Trinajstić information content (AvgIpc) is 2.74. The summed E-state index contributed by atoms with van der Waals surface area (Å²) in [6.45, 7) is 2.73. The SMILES string of the molecule is CNC(=O)C1CCCN(Cc2nccn2C)C1. The molecule has 1 atom stereocenters. The van der Waals surface area contributed by atoms with Crippen molar-refractivity contribution in [2.24, 2.45) is 13.0 Å². The first kappa shape index (κ1) is 12.1. The van der Waals surface area contributed by atoms with E-state index in [1.807, 2.05) is 24.0 Å². The highest BCUT2D eigenvalue weighted by molar-refractivity contribution is 5.78. The molecule has 0 spiro atoms. The number of aromatic nitrogens is 2. The van der Waals surface area contributed by atoms with Crippen molar-refractivity contribution in [2.75, 3.05) is 20.1 Å². The second-order valence-corrected chi connectivity index (χ2v) is 4.64. The third-order valence-corrected chi connectivity index (χ3v) is 3.41. The van der Waals surface area contributed by atoms with E-state index in [1.165, 1.54) is 0 Å². The van der Waals surface area contributed by atoms with Gasteiger partial charge in [0.2, 0.25) is 5.91 Å². The number of imidazole rings is 1. The number of hydrogen-bond donors (Lipinski definition) is 1. The summed E-state index contributed by atoms with van der Waals surface area (Å²) in [5.74, 6) is 1.35. The van der Waals surface area contributed by atoms with E-state index in [0.717, 1.165) is 38.3 Å². The van der Waals surface area contributed by atoms with Crippen LogP contribution in [0.2, 0.25) is 0 Å². The Labute approximate surface area is 102 Å². The number of nitrogens with one attached hydrogen (secondary N) is 1. The van der Waals surface area contributed by atoms with Gasteiger partial charge in [0.05, 0.1) is 12.5 Å². The summed E-state index contributed by atoms with van der Waals surface area (Å²) < 4.78 is 2.03. The summed E-state index contributed by atoms with van der Waals surface area (Å²) in [6.07, 6.45) is 5.85. The summed E-state index contributed by atoms with van der Waals surface area (Å²) >= 11 is 0. The van der Waals surface area contributed by atoms with E-state index >= 15 is 0 Å². The van der Waals surface area contributed by atoms with Crippen LogP contribution in [0.15, 0.2) is 12.4 Å². The number of carbonyl (C=O) groups is 1. The number of likely N-dealkylation sites (tertiary alicyclic amines) is 1. The molecular formula is C12H20N4O. The van der Waals surface area contributed by atoms with Crippen LogP contribution in [0.5, 0.6) is 0 Å². The highest BCUT2D eigenvalue weighted by Gasteiger charge is 2.25. The zero-order valence-corrected chi connectivity index (χ0v) is 10.5. The second kappa shape index (κ2) is 5.31. The van der Waals surface area contributed by atoms with Crippen LogP contribution in [0.25, 0.3) is 0 Å². The van der Waals surface area contributed by atoms with Gasteiger partial charge in [0.15, 0.2) is 0 Å². The molecule has 0 radical (unpaired) electrons. The predicted octanol–water partition coefficient (Wildman–Crippen LogP) is 0.378. The quantitative estimate of drug-likeness (QED) is 0.825. The average molecular weight is 236 g/mol. The number of amides is 1. The molecule has 2 heterocycles. The van der Waals surface area contributed by atoms with Crippen LogP contribution >= 0.6 is 0 Å². The van der Waals surface area contributed by atoms with E-state index in [0.29, 0.717) is 0 Å². The molecule has 1 aromatic heterocycles. The van der Waals surface area contributed by atoms with Crippen molar-refractivity contribution in [3.8, 4) is 0 Å².